The van der Waals surface area contributed by atoms with Gasteiger partial charge in [-0.3, -0.25) is 5.84 Å². The van der Waals surface area contributed by atoms with E-state index in [-0.39, 0.29) is 11.6 Å². The Balaban J connectivity index is 2.78. The molecule has 0 fully saturated rings. The van der Waals surface area contributed by atoms with Gasteiger partial charge in [0.15, 0.2) is 0 Å². The highest BCUT2D eigenvalue weighted by Crippen LogP contribution is 2.27. The molecule has 1 aliphatic rings. The quantitative estimate of drug-likeness (QED) is 0.512. The molecule has 2 atom stereocenters. The van der Waals surface area contributed by atoms with Crippen molar-refractivity contribution in [3.63, 3.8) is 0 Å². The smallest absolute Gasteiger partial charge is 0.113 e. The van der Waals surface area contributed by atoms with Crippen molar-refractivity contribution in [2.75, 3.05) is 13.7 Å². The number of hydrogen-bond donors (Lipinski definition) is 2. The van der Waals surface area contributed by atoms with Crippen LogP contribution in [-0.2, 0) is 9.47 Å². The van der Waals surface area contributed by atoms with Crippen molar-refractivity contribution in [2.45, 2.75) is 38.3 Å². The highest BCUT2D eigenvalue weighted by molar-refractivity contribution is 5.13. The molecule has 4 heteroatoms. The molecule has 0 aromatic rings. The van der Waals surface area contributed by atoms with Gasteiger partial charge in [-0.25, -0.2) is 5.43 Å². The predicted molar refractivity (Wildman–Crippen MR) is 55.5 cm³/mol. The van der Waals surface area contributed by atoms with Gasteiger partial charge in [-0.1, -0.05) is 6.92 Å². The summed E-state index contributed by atoms with van der Waals surface area (Å²) in [5.41, 5.74) is 2.45. The maximum absolute atomic E-state index is 5.54. The predicted octanol–water partition coefficient (Wildman–Crippen LogP) is 0.938. The first-order valence-electron chi connectivity index (χ1n) is 5.02. The average Bonchev–Trinajstić information content (AvgIpc) is 2.72. The van der Waals surface area contributed by atoms with E-state index in [2.05, 4.69) is 18.4 Å². The molecule has 0 saturated heterocycles. The molecule has 0 radical (unpaired) electrons. The highest BCUT2D eigenvalue weighted by atomic mass is 16.5. The van der Waals surface area contributed by atoms with Gasteiger partial charge in [0.1, 0.15) is 11.8 Å². The lowest BCUT2D eigenvalue weighted by molar-refractivity contribution is -0.0317. The van der Waals surface area contributed by atoms with Crippen LogP contribution in [0.1, 0.15) is 26.7 Å². The van der Waals surface area contributed by atoms with Gasteiger partial charge in [0.2, 0.25) is 0 Å². The molecule has 1 aliphatic heterocycles. The second-order valence-electron chi connectivity index (χ2n) is 3.71. The van der Waals surface area contributed by atoms with E-state index >= 15 is 0 Å². The van der Waals surface area contributed by atoms with Crippen LogP contribution in [0.25, 0.3) is 0 Å². The molecule has 0 aromatic heterocycles. The number of hydrazine groups is 1. The third kappa shape index (κ3) is 2.08. The van der Waals surface area contributed by atoms with Crippen LogP contribution < -0.4 is 11.3 Å². The first kappa shape index (κ1) is 11.5. The minimum atomic E-state index is -0.315. The minimum absolute atomic E-state index is 0.0694. The van der Waals surface area contributed by atoms with Crippen LogP contribution in [0.4, 0.5) is 0 Å². The summed E-state index contributed by atoms with van der Waals surface area (Å²) in [6.45, 7) is 4.85. The monoisotopic (exact) mass is 200 g/mol. The number of ether oxygens (including phenoxy) is 2. The Morgan fingerprint density at radius 3 is 2.86 bits per heavy atom. The molecular formula is C10H20N2O2. The van der Waals surface area contributed by atoms with Crippen LogP contribution in [-0.4, -0.2) is 25.4 Å². The summed E-state index contributed by atoms with van der Waals surface area (Å²) in [7, 11) is 1.70. The lowest BCUT2D eigenvalue weighted by atomic mass is 9.92. The number of nitrogens with two attached hydrogens (primary N) is 1. The van der Waals surface area contributed by atoms with Gasteiger partial charge in [-0.15, -0.1) is 0 Å². The van der Waals surface area contributed by atoms with Crippen LogP contribution in [0.3, 0.4) is 0 Å². The van der Waals surface area contributed by atoms with Gasteiger partial charge in [0, 0.05) is 13.5 Å². The fraction of sp³-hybridized carbons (Fsp3) is 0.800. The second kappa shape index (κ2) is 4.77. The molecule has 1 rings (SSSR count). The molecule has 14 heavy (non-hydrogen) atoms. The summed E-state index contributed by atoms with van der Waals surface area (Å²) >= 11 is 0. The topological polar surface area (TPSA) is 56.5 Å². The van der Waals surface area contributed by atoms with Crippen molar-refractivity contribution in [1.29, 1.82) is 0 Å². The molecule has 3 N–H and O–H groups in total. The number of hydrogen-bond acceptors (Lipinski definition) is 4. The second-order valence-corrected chi connectivity index (χ2v) is 3.71. The molecule has 1 heterocycles. The summed E-state index contributed by atoms with van der Waals surface area (Å²) in [5.74, 6) is 6.44. The van der Waals surface area contributed by atoms with Crippen molar-refractivity contribution in [2.24, 2.45) is 5.84 Å². The summed E-state index contributed by atoms with van der Waals surface area (Å²) in [6, 6.07) is -0.0694. The van der Waals surface area contributed by atoms with Crippen LogP contribution in [0.15, 0.2) is 11.8 Å². The number of rotatable bonds is 5. The van der Waals surface area contributed by atoms with E-state index in [0.29, 0.717) is 0 Å². The zero-order chi connectivity index (χ0) is 10.6. The van der Waals surface area contributed by atoms with Crippen LogP contribution >= 0.6 is 0 Å². The van der Waals surface area contributed by atoms with E-state index in [4.69, 9.17) is 15.3 Å². The lowest BCUT2D eigenvalue weighted by Gasteiger charge is -2.35. The molecule has 82 valence electrons. The molecule has 4 nitrogen and oxygen atoms in total. The Labute approximate surface area is 85.4 Å². The van der Waals surface area contributed by atoms with Crippen molar-refractivity contribution in [3.05, 3.63) is 11.8 Å². The summed E-state index contributed by atoms with van der Waals surface area (Å²) in [5, 5.41) is 0. The van der Waals surface area contributed by atoms with E-state index in [0.717, 1.165) is 25.2 Å². The van der Waals surface area contributed by atoms with Crippen molar-refractivity contribution >= 4 is 0 Å². The molecule has 0 aliphatic carbocycles. The SMILES string of the molecule is CCC(C)(OC)C(NN)C1=CCCO1. The third-order valence-corrected chi connectivity index (χ3v) is 2.96. The fourth-order valence-corrected chi connectivity index (χ4v) is 1.66. The van der Waals surface area contributed by atoms with Gasteiger partial charge in [-0.2, -0.15) is 0 Å². The average molecular weight is 200 g/mol. The molecule has 0 bridgehead atoms. The summed E-state index contributed by atoms with van der Waals surface area (Å²) in [4.78, 5) is 0. The van der Waals surface area contributed by atoms with Crippen molar-refractivity contribution in [1.82, 2.24) is 5.43 Å². The van der Waals surface area contributed by atoms with Crippen LogP contribution in [0.2, 0.25) is 0 Å². The Morgan fingerprint density at radius 2 is 2.50 bits per heavy atom. The highest BCUT2D eigenvalue weighted by Gasteiger charge is 2.36. The maximum Gasteiger partial charge on any atom is 0.113 e. The molecule has 2 unspecified atom stereocenters. The van der Waals surface area contributed by atoms with Crippen LogP contribution in [0, 0.1) is 0 Å². The standard InChI is InChI=1S/C10H20N2O2/c1-4-10(2,13-3)9(12-11)8-6-5-7-14-8/h6,9,12H,4-5,7,11H2,1-3H3. The molecular weight excluding hydrogens is 180 g/mol. The molecule has 0 amide bonds. The Hall–Kier alpha value is -0.580. The number of nitrogens with one attached hydrogen (secondary N) is 1. The van der Waals surface area contributed by atoms with E-state index in [1.165, 1.54) is 0 Å². The zero-order valence-electron chi connectivity index (χ0n) is 9.17. The maximum atomic E-state index is 5.54. The van der Waals surface area contributed by atoms with E-state index in [1.807, 2.05) is 6.92 Å². The van der Waals surface area contributed by atoms with E-state index in [1.54, 1.807) is 7.11 Å². The first-order valence-corrected chi connectivity index (χ1v) is 5.02. The lowest BCUT2D eigenvalue weighted by Crippen LogP contribution is -2.53. The van der Waals surface area contributed by atoms with Gasteiger partial charge >= 0.3 is 0 Å². The van der Waals surface area contributed by atoms with Gasteiger partial charge in [0.05, 0.1) is 12.2 Å². The normalized spacial score (nSPS) is 22.4. The third-order valence-electron chi connectivity index (χ3n) is 2.96. The minimum Gasteiger partial charge on any atom is -0.496 e. The van der Waals surface area contributed by atoms with Crippen molar-refractivity contribution in [3.8, 4) is 0 Å². The molecule has 0 spiro atoms. The Kier molecular flexibility index (Phi) is 3.92. The zero-order valence-corrected chi connectivity index (χ0v) is 9.17. The first-order chi connectivity index (χ1) is 6.68. The fourth-order valence-electron chi connectivity index (χ4n) is 1.66. The van der Waals surface area contributed by atoms with Crippen molar-refractivity contribution < 1.29 is 9.47 Å². The van der Waals surface area contributed by atoms with E-state index in [9.17, 15) is 0 Å². The summed E-state index contributed by atoms with van der Waals surface area (Å²) < 4.78 is 11.0. The number of methoxy groups -OCH3 is 1. The van der Waals surface area contributed by atoms with Gasteiger partial charge in [0.25, 0.3) is 0 Å². The molecule has 0 aromatic carbocycles. The van der Waals surface area contributed by atoms with Crippen LogP contribution in [0.5, 0.6) is 0 Å². The largest absolute Gasteiger partial charge is 0.496 e. The Bertz CT molecular complexity index is 212. The van der Waals surface area contributed by atoms with E-state index < -0.39 is 0 Å². The van der Waals surface area contributed by atoms with Gasteiger partial charge in [-0.05, 0) is 19.4 Å². The summed E-state index contributed by atoms with van der Waals surface area (Å²) in [6.07, 6.45) is 3.90. The molecule has 0 saturated carbocycles. The Morgan fingerprint density at radius 1 is 1.79 bits per heavy atom. The van der Waals surface area contributed by atoms with Gasteiger partial charge < -0.3 is 9.47 Å².